The zero-order valence-electron chi connectivity index (χ0n) is 13.1. The van der Waals surface area contributed by atoms with Gasteiger partial charge in [-0.15, -0.1) is 22.7 Å². The molecule has 0 aliphatic heterocycles. The van der Waals surface area contributed by atoms with Crippen LogP contribution in [0.1, 0.15) is 21.9 Å². The Kier molecular flexibility index (Phi) is 3.45. The van der Waals surface area contributed by atoms with E-state index in [9.17, 15) is 0 Å². The van der Waals surface area contributed by atoms with Crippen molar-refractivity contribution in [3.05, 3.63) is 46.0 Å². The molecule has 1 aromatic carbocycles. The van der Waals surface area contributed by atoms with Gasteiger partial charge in [-0.05, 0) is 37.0 Å². The molecule has 0 spiro atoms. The molecule has 3 heterocycles. The van der Waals surface area contributed by atoms with Gasteiger partial charge in [-0.25, -0.2) is 15.0 Å². The first kappa shape index (κ1) is 14.3. The van der Waals surface area contributed by atoms with Gasteiger partial charge < -0.3 is 5.32 Å². The van der Waals surface area contributed by atoms with Gasteiger partial charge in [-0.3, -0.25) is 0 Å². The molecule has 1 aliphatic carbocycles. The zero-order chi connectivity index (χ0) is 15.9. The fraction of sp³-hybridized carbons (Fsp3) is 0.278. The van der Waals surface area contributed by atoms with Gasteiger partial charge in [-0.2, -0.15) is 0 Å². The van der Waals surface area contributed by atoms with E-state index in [-0.39, 0.29) is 0 Å². The van der Waals surface area contributed by atoms with Gasteiger partial charge in [0.15, 0.2) is 0 Å². The smallest absolute Gasteiger partial charge is 0.138 e. The average molecular weight is 352 g/mol. The van der Waals surface area contributed by atoms with Crippen molar-refractivity contribution in [1.82, 2.24) is 15.0 Å². The van der Waals surface area contributed by atoms with Gasteiger partial charge in [-0.1, -0.05) is 12.1 Å². The number of nitrogens with one attached hydrogen (secondary N) is 1. The molecule has 0 fully saturated rings. The van der Waals surface area contributed by atoms with Crippen molar-refractivity contribution in [3.8, 4) is 0 Å². The van der Waals surface area contributed by atoms with Crippen molar-refractivity contribution in [2.75, 3.05) is 11.9 Å². The van der Waals surface area contributed by atoms with Gasteiger partial charge in [0.1, 0.15) is 17.0 Å². The van der Waals surface area contributed by atoms with Crippen LogP contribution in [0.5, 0.6) is 0 Å². The van der Waals surface area contributed by atoms with Crippen LogP contribution in [0.2, 0.25) is 0 Å². The SMILES string of the molecule is c1ccc2sc(CCNc3ncnc4sc5c(c34)CCC5)nc2c1. The van der Waals surface area contributed by atoms with E-state index in [2.05, 4.69) is 33.5 Å². The summed E-state index contributed by atoms with van der Waals surface area (Å²) in [5.41, 5.74) is 2.57. The first-order valence-electron chi connectivity index (χ1n) is 8.22. The summed E-state index contributed by atoms with van der Waals surface area (Å²) in [6.07, 6.45) is 6.21. The molecule has 24 heavy (non-hydrogen) atoms. The molecule has 0 atom stereocenters. The zero-order valence-corrected chi connectivity index (χ0v) is 14.7. The predicted octanol–water partition coefficient (Wildman–Crippen LogP) is 4.44. The first-order valence-corrected chi connectivity index (χ1v) is 9.85. The van der Waals surface area contributed by atoms with Crippen molar-refractivity contribution in [1.29, 1.82) is 0 Å². The van der Waals surface area contributed by atoms with E-state index in [1.54, 1.807) is 17.7 Å². The number of benzene rings is 1. The van der Waals surface area contributed by atoms with Crippen molar-refractivity contribution < 1.29 is 0 Å². The molecule has 6 heteroatoms. The summed E-state index contributed by atoms with van der Waals surface area (Å²) in [7, 11) is 0. The van der Waals surface area contributed by atoms with Crippen LogP contribution >= 0.6 is 22.7 Å². The first-order chi connectivity index (χ1) is 11.9. The molecule has 0 saturated carbocycles. The standard InChI is InChI=1S/C18H16N4S2/c1-2-6-14-12(5-1)22-15(23-14)8-9-19-17-16-11-4-3-7-13(11)24-18(16)21-10-20-17/h1-2,5-6,10H,3-4,7-9H2,(H,19,20,21). The van der Waals surface area contributed by atoms with Crippen LogP contribution in [0.3, 0.4) is 0 Å². The molecule has 3 aromatic heterocycles. The van der Waals surface area contributed by atoms with E-state index < -0.39 is 0 Å². The monoisotopic (exact) mass is 352 g/mol. The summed E-state index contributed by atoms with van der Waals surface area (Å²) < 4.78 is 1.26. The lowest BCUT2D eigenvalue weighted by Gasteiger charge is -2.06. The van der Waals surface area contributed by atoms with E-state index in [0.29, 0.717) is 0 Å². The van der Waals surface area contributed by atoms with Crippen LogP contribution < -0.4 is 5.32 Å². The second-order valence-corrected chi connectivity index (χ2v) is 8.21. The third-order valence-corrected chi connectivity index (χ3v) is 6.77. The maximum atomic E-state index is 4.70. The largest absolute Gasteiger partial charge is 0.369 e. The number of thiophene rings is 1. The van der Waals surface area contributed by atoms with Gasteiger partial charge in [0.2, 0.25) is 0 Å². The Balaban J connectivity index is 1.37. The molecule has 1 aliphatic rings. The number of hydrogen-bond donors (Lipinski definition) is 1. The number of nitrogens with zero attached hydrogens (tertiary/aromatic N) is 3. The summed E-state index contributed by atoms with van der Waals surface area (Å²) >= 11 is 3.61. The lowest BCUT2D eigenvalue weighted by Crippen LogP contribution is -2.07. The quantitative estimate of drug-likeness (QED) is 0.590. The summed E-state index contributed by atoms with van der Waals surface area (Å²) in [4.78, 5) is 16.3. The fourth-order valence-corrected chi connectivity index (χ4v) is 5.57. The van der Waals surface area contributed by atoms with Gasteiger partial charge in [0.25, 0.3) is 0 Å². The van der Waals surface area contributed by atoms with E-state index in [1.807, 2.05) is 17.4 Å². The number of para-hydroxylation sites is 1. The van der Waals surface area contributed by atoms with Gasteiger partial charge in [0, 0.05) is 17.8 Å². The minimum Gasteiger partial charge on any atom is -0.369 e. The molecule has 4 nitrogen and oxygen atoms in total. The summed E-state index contributed by atoms with van der Waals surface area (Å²) in [6, 6.07) is 8.31. The number of rotatable bonds is 4. The molecular weight excluding hydrogens is 336 g/mol. The minimum atomic E-state index is 0.844. The molecular formula is C18H16N4S2. The number of anilines is 1. The molecule has 0 radical (unpaired) electrons. The summed E-state index contributed by atoms with van der Waals surface area (Å²) in [5, 5.41) is 5.94. The second kappa shape index (κ2) is 5.79. The van der Waals surface area contributed by atoms with Gasteiger partial charge in [0.05, 0.1) is 20.6 Å². The molecule has 0 bridgehead atoms. The highest BCUT2D eigenvalue weighted by Gasteiger charge is 2.20. The molecule has 0 unspecified atom stereocenters. The molecule has 0 amide bonds. The number of aromatic nitrogens is 3. The Morgan fingerprint density at radius 1 is 1.08 bits per heavy atom. The van der Waals surface area contributed by atoms with Gasteiger partial charge >= 0.3 is 0 Å². The summed E-state index contributed by atoms with van der Waals surface area (Å²) in [5.74, 6) is 0.987. The van der Waals surface area contributed by atoms with E-state index in [0.717, 1.165) is 35.6 Å². The molecule has 120 valence electrons. The summed E-state index contributed by atoms with van der Waals surface area (Å²) in [6.45, 7) is 0.844. The Morgan fingerprint density at radius 3 is 3.00 bits per heavy atom. The lowest BCUT2D eigenvalue weighted by atomic mass is 10.2. The maximum absolute atomic E-state index is 4.70. The maximum Gasteiger partial charge on any atom is 0.138 e. The highest BCUT2D eigenvalue weighted by molar-refractivity contribution is 7.19. The van der Waals surface area contributed by atoms with E-state index in [1.165, 1.54) is 38.4 Å². The minimum absolute atomic E-state index is 0.844. The van der Waals surface area contributed by atoms with Crippen LogP contribution in [0.15, 0.2) is 30.6 Å². The average Bonchev–Trinajstić information content (AvgIpc) is 3.27. The third-order valence-electron chi connectivity index (χ3n) is 4.47. The van der Waals surface area contributed by atoms with Crippen molar-refractivity contribution in [3.63, 3.8) is 0 Å². The fourth-order valence-electron chi connectivity index (χ4n) is 3.38. The van der Waals surface area contributed by atoms with Crippen LogP contribution in [0.4, 0.5) is 5.82 Å². The topological polar surface area (TPSA) is 50.7 Å². The van der Waals surface area contributed by atoms with Crippen LogP contribution in [-0.4, -0.2) is 21.5 Å². The molecule has 4 aromatic rings. The van der Waals surface area contributed by atoms with Crippen LogP contribution in [0, 0.1) is 0 Å². The van der Waals surface area contributed by atoms with Crippen molar-refractivity contribution >= 4 is 48.9 Å². The molecule has 5 rings (SSSR count). The van der Waals surface area contributed by atoms with E-state index >= 15 is 0 Å². The van der Waals surface area contributed by atoms with Crippen LogP contribution in [0.25, 0.3) is 20.4 Å². The highest BCUT2D eigenvalue weighted by Crippen LogP contribution is 2.38. The Morgan fingerprint density at radius 2 is 2.04 bits per heavy atom. The molecule has 0 saturated heterocycles. The Hall–Kier alpha value is -2.05. The Bertz CT molecular complexity index is 1000. The van der Waals surface area contributed by atoms with Crippen molar-refractivity contribution in [2.45, 2.75) is 25.7 Å². The number of hydrogen-bond acceptors (Lipinski definition) is 6. The highest BCUT2D eigenvalue weighted by atomic mass is 32.1. The number of thiazole rings is 1. The normalized spacial score (nSPS) is 13.7. The predicted molar refractivity (Wildman–Crippen MR) is 101 cm³/mol. The van der Waals surface area contributed by atoms with E-state index in [4.69, 9.17) is 4.98 Å². The second-order valence-electron chi connectivity index (χ2n) is 6.01. The Labute approximate surface area is 147 Å². The number of fused-ring (bicyclic) bond motifs is 4. The third kappa shape index (κ3) is 2.37. The lowest BCUT2D eigenvalue weighted by molar-refractivity contribution is 0.916. The number of aryl methyl sites for hydroxylation is 2. The molecule has 1 N–H and O–H groups in total. The van der Waals surface area contributed by atoms with Crippen molar-refractivity contribution in [2.24, 2.45) is 0 Å². The van der Waals surface area contributed by atoms with Crippen LogP contribution in [-0.2, 0) is 19.3 Å².